The minimum atomic E-state index is 0.603. The first-order chi connectivity index (χ1) is 9.79. The fourth-order valence-electron chi connectivity index (χ4n) is 3.88. The second-order valence-electron chi connectivity index (χ2n) is 6.32. The standard InChI is InChI=1S/C17H21N3/c1-12-3-2-4-13(7-12)17-10-18-11-20(17)16-8-14-5-6-15(9-16)19-14/h2-4,7,10-11,14-16,19H,5-6,8-9H2,1H3. The smallest absolute Gasteiger partial charge is 0.0953 e. The van der Waals surface area contributed by atoms with Gasteiger partial charge in [-0.25, -0.2) is 4.98 Å². The molecule has 0 saturated carbocycles. The molecule has 0 spiro atoms. The Morgan fingerprint density at radius 3 is 2.75 bits per heavy atom. The Kier molecular flexibility index (Phi) is 2.88. The van der Waals surface area contributed by atoms with Gasteiger partial charge in [0.1, 0.15) is 0 Å². The molecule has 2 bridgehead atoms. The maximum absolute atomic E-state index is 4.42. The Balaban J connectivity index is 1.68. The summed E-state index contributed by atoms with van der Waals surface area (Å²) in [5.41, 5.74) is 3.86. The molecule has 1 aromatic heterocycles. The van der Waals surface area contributed by atoms with E-state index in [-0.39, 0.29) is 0 Å². The molecule has 2 saturated heterocycles. The van der Waals surface area contributed by atoms with Crippen molar-refractivity contribution in [1.29, 1.82) is 0 Å². The molecule has 2 aromatic rings. The van der Waals surface area contributed by atoms with Crippen molar-refractivity contribution in [2.24, 2.45) is 0 Å². The Labute approximate surface area is 120 Å². The van der Waals surface area contributed by atoms with Crippen LogP contribution in [0.1, 0.15) is 37.3 Å². The normalized spacial score (nSPS) is 28.8. The molecular formula is C17H21N3. The van der Waals surface area contributed by atoms with Gasteiger partial charge >= 0.3 is 0 Å². The third kappa shape index (κ3) is 2.06. The number of piperidine rings is 1. The van der Waals surface area contributed by atoms with Gasteiger partial charge in [0, 0.05) is 23.7 Å². The summed E-state index contributed by atoms with van der Waals surface area (Å²) < 4.78 is 2.40. The van der Waals surface area contributed by atoms with Gasteiger partial charge in [-0.2, -0.15) is 0 Å². The Morgan fingerprint density at radius 2 is 2.00 bits per heavy atom. The molecule has 1 aromatic carbocycles. The van der Waals surface area contributed by atoms with Crippen molar-refractivity contribution in [2.45, 2.75) is 50.7 Å². The van der Waals surface area contributed by atoms with E-state index in [2.05, 4.69) is 46.1 Å². The number of aromatic nitrogens is 2. The van der Waals surface area contributed by atoms with E-state index >= 15 is 0 Å². The monoisotopic (exact) mass is 267 g/mol. The van der Waals surface area contributed by atoms with Crippen LogP contribution >= 0.6 is 0 Å². The van der Waals surface area contributed by atoms with E-state index in [1.165, 1.54) is 42.5 Å². The SMILES string of the molecule is Cc1cccc(-c2cncn2C2CC3CCC(C2)N3)c1. The van der Waals surface area contributed by atoms with E-state index in [9.17, 15) is 0 Å². The summed E-state index contributed by atoms with van der Waals surface area (Å²) in [6, 6.07) is 10.8. The van der Waals surface area contributed by atoms with E-state index < -0.39 is 0 Å². The summed E-state index contributed by atoms with van der Waals surface area (Å²) in [6.45, 7) is 2.15. The van der Waals surface area contributed by atoms with Crippen molar-refractivity contribution in [3.8, 4) is 11.3 Å². The Bertz CT molecular complexity index is 604. The van der Waals surface area contributed by atoms with Gasteiger partial charge in [-0.05, 0) is 38.7 Å². The van der Waals surface area contributed by atoms with Gasteiger partial charge in [0.25, 0.3) is 0 Å². The van der Waals surface area contributed by atoms with Crippen LogP contribution in [-0.2, 0) is 0 Å². The highest BCUT2D eigenvalue weighted by Crippen LogP contribution is 2.36. The van der Waals surface area contributed by atoms with Gasteiger partial charge in [0.15, 0.2) is 0 Å². The number of benzene rings is 1. The summed E-state index contributed by atoms with van der Waals surface area (Å²) in [5.74, 6) is 0. The molecule has 2 aliphatic heterocycles. The van der Waals surface area contributed by atoms with Crippen LogP contribution < -0.4 is 5.32 Å². The summed E-state index contributed by atoms with van der Waals surface area (Å²) >= 11 is 0. The molecule has 4 rings (SSSR count). The highest BCUT2D eigenvalue weighted by atomic mass is 15.1. The van der Waals surface area contributed by atoms with Crippen LogP contribution in [-0.4, -0.2) is 21.6 Å². The zero-order chi connectivity index (χ0) is 13.5. The third-order valence-corrected chi connectivity index (χ3v) is 4.82. The Morgan fingerprint density at radius 1 is 1.20 bits per heavy atom. The lowest BCUT2D eigenvalue weighted by atomic mass is 9.98. The van der Waals surface area contributed by atoms with Crippen LogP contribution in [0.15, 0.2) is 36.8 Å². The number of hydrogen-bond acceptors (Lipinski definition) is 2. The predicted molar refractivity (Wildman–Crippen MR) is 80.6 cm³/mol. The molecule has 2 unspecified atom stereocenters. The first-order valence-electron chi connectivity index (χ1n) is 7.64. The maximum atomic E-state index is 4.42. The Hall–Kier alpha value is -1.61. The molecule has 0 aliphatic carbocycles. The van der Waals surface area contributed by atoms with E-state index in [0.29, 0.717) is 18.1 Å². The number of rotatable bonds is 2. The van der Waals surface area contributed by atoms with Crippen molar-refractivity contribution in [2.75, 3.05) is 0 Å². The lowest BCUT2D eigenvalue weighted by Gasteiger charge is -2.31. The molecule has 2 fully saturated rings. The molecular weight excluding hydrogens is 246 g/mol. The topological polar surface area (TPSA) is 29.9 Å². The molecule has 3 nitrogen and oxygen atoms in total. The van der Waals surface area contributed by atoms with Crippen LogP contribution in [0.3, 0.4) is 0 Å². The van der Waals surface area contributed by atoms with E-state index in [1.54, 1.807) is 0 Å². The zero-order valence-corrected chi connectivity index (χ0v) is 11.9. The lowest BCUT2D eigenvalue weighted by molar-refractivity contribution is 0.300. The fraction of sp³-hybridized carbons (Fsp3) is 0.471. The number of nitrogens with one attached hydrogen (secondary N) is 1. The van der Waals surface area contributed by atoms with Gasteiger partial charge in [0.05, 0.1) is 18.2 Å². The summed E-state index contributed by atoms with van der Waals surface area (Å²) in [5, 5.41) is 3.72. The van der Waals surface area contributed by atoms with Gasteiger partial charge in [0.2, 0.25) is 0 Å². The number of nitrogens with zero attached hydrogens (tertiary/aromatic N) is 2. The number of fused-ring (bicyclic) bond motifs is 2. The molecule has 0 radical (unpaired) electrons. The molecule has 0 amide bonds. The first-order valence-corrected chi connectivity index (χ1v) is 7.64. The molecule has 3 heterocycles. The second-order valence-corrected chi connectivity index (χ2v) is 6.32. The number of imidazole rings is 1. The maximum Gasteiger partial charge on any atom is 0.0953 e. The molecule has 104 valence electrons. The van der Waals surface area contributed by atoms with E-state index in [4.69, 9.17) is 0 Å². The molecule has 20 heavy (non-hydrogen) atoms. The molecule has 2 atom stereocenters. The minimum Gasteiger partial charge on any atom is -0.327 e. The van der Waals surface area contributed by atoms with E-state index in [0.717, 1.165) is 0 Å². The average Bonchev–Trinajstić information content (AvgIpc) is 3.05. The second kappa shape index (κ2) is 4.74. The van der Waals surface area contributed by atoms with Crippen molar-refractivity contribution in [1.82, 2.24) is 14.9 Å². The molecule has 1 N–H and O–H groups in total. The predicted octanol–water partition coefficient (Wildman–Crippen LogP) is 3.31. The van der Waals surface area contributed by atoms with Crippen LogP contribution in [0.2, 0.25) is 0 Å². The van der Waals surface area contributed by atoms with Gasteiger partial charge in [-0.1, -0.05) is 23.8 Å². The fourth-order valence-corrected chi connectivity index (χ4v) is 3.88. The van der Waals surface area contributed by atoms with Crippen LogP contribution in [0.5, 0.6) is 0 Å². The minimum absolute atomic E-state index is 0.603. The number of aryl methyl sites for hydroxylation is 1. The lowest BCUT2D eigenvalue weighted by Crippen LogP contribution is -2.38. The number of hydrogen-bond donors (Lipinski definition) is 1. The van der Waals surface area contributed by atoms with Crippen molar-refractivity contribution in [3.63, 3.8) is 0 Å². The first kappa shape index (κ1) is 12.2. The summed E-state index contributed by atoms with van der Waals surface area (Å²) in [6.07, 6.45) is 9.20. The van der Waals surface area contributed by atoms with Crippen LogP contribution in [0.4, 0.5) is 0 Å². The van der Waals surface area contributed by atoms with Crippen molar-refractivity contribution >= 4 is 0 Å². The summed E-state index contributed by atoms with van der Waals surface area (Å²) in [4.78, 5) is 4.42. The van der Waals surface area contributed by atoms with Gasteiger partial charge in [-0.15, -0.1) is 0 Å². The summed E-state index contributed by atoms with van der Waals surface area (Å²) in [7, 11) is 0. The largest absolute Gasteiger partial charge is 0.327 e. The van der Waals surface area contributed by atoms with E-state index in [1.807, 2.05) is 12.5 Å². The highest BCUT2D eigenvalue weighted by molar-refractivity contribution is 5.60. The molecule has 3 heteroatoms. The highest BCUT2D eigenvalue weighted by Gasteiger charge is 2.34. The average molecular weight is 267 g/mol. The van der Waals surface area contributed by atoms with Crippen LogP contribution in [0, 0.1) is 6.92 Å². The van der Waals surface area contributed by atoms with Crippen LogP contribution in [0.25, 0.3) is 11.3 Å². The van der Waals surface area contributed by atoms with Gasteiger partial charge in [-0.3, -0.25) is 0 Å². The quantitative estimate of drug-likeness (QED) is 0.904. The van der Waals surface area contributed by atoms with Gasteiger partial charge < -0.3 is 9.88 Å². The third-order valence-electron chi connectivity index (χ3n) is 4.82. The molecule has 2 aliphatic rings. The van der Waals surface area contributed by atoms with Crippen molar-refractivity contribution in [3.05, 3.63) is 42.4 Å². The zero-order valence-electron chi connectivity index (χ0n) is 11.9. The van der Waals surface area contributed by atoms with Crippen molar-refractivity contribution < 1.29 is 0 Å².